The number of esters is 1. The van der Waals surface area contributed by atoms with Gasteiger partial charge < -0.3 is 14.8 Å². The minimum absolute atomic E-state index is 0.0690. The van der Waals surface area contributed by atoms with Gasteiger partial charge in [0.15, 0.2) is 0 Å². The van der Waals surface area contributed by atoms with Crippen LogP contribution >= 0.6 is 0 Å². The standard InChI is InChI=1S/C18H17NO4/c1-22-15-10-8-14(9-11-15)17(20)19-16(18(21)23-2)12-13-6-4-3-5-7-13/h3-12H,1-2H3,(H,19,20)/b16-12-. The summed E-state index contributed by atoms with van der Waals surface area (Å²) in [5.41, 5.74) is 1.26. The van der Waals surface area contributed by atoms with E-state index in [0.717, 1.165) is 5.56 Å². The van der Waals surface area contributed by atoms with Gasteiger partial charge in [0.1, 0.15) is 11.4 Å². The van der Waals surface area contributed by atoms with Gasteiger partial charge in [-0.25, -0.2) is 4.79 Å². The molecule has 5 nitrogen and oxygen atoms in total. The van der Waals surface area contributed by atoms with Crippen LogP contribution in [0.1, 0.15) is 15.9 Å². The minimum Gasteiger partial charge on any atom is -0.497 e. The first-order valence-corrected chi connectivity index (χ1v) is 6.94. The number of rotatable bonds is 5. The smallest absolute Gasteiger partial charge is 0.354 e. The Kier molecular flexibility index (Phi) is 5.52. The SMILES string of the molecule is COC(=O)/C(=C/c1ccccc1)NC(=O)c1ccc(OC)cc1. The van der Waals surface area contributed by atoms with Gasteiger partial charge >= 0.3 is 5.97 Å². The molecule has 0 bridgehead atoms. The van der Waals surface area contributed by atoms with Gasteiger partial charge in [-0.1, -0.05) is 30.3 Å². The third-order valence-electron chi connectivity index (χ3n) is 3.12. The van der Waals surface area contributed by atoms with Crippen LogP contribution < -0.4 is 10.1 Å². The molecule has 0 aliphatic heterocycles. The van der Waals surface area contributed by atoms with E-state index in [9.17, 15) is 9.59 Å². The predicted octanol–water partition coefficient (Wildman–Crippen LogP) is 2.64. The highest BCUT2D eigenvalue weighted by atomic mass is 16.5. The topological polar surface area (TPSA) is 64.6 Å². The Hall–Kier alpha value is -3.08. The molecule has 0 heterocycles. The maximum Gasteiger partial charge on any atom is 0.354 e. The zero-order valence-electron chi connectivity index (χ0n) is 12.9. The average Bonchev–Trinajstić information content (AvgIpc) is 2.61. The molecule has 0 aliphatic carbocycles. The number of carbonyl (C=O) groups excluding carboxylic acids is 2. The maximum absolute atomic E-state index is 12.3. The Bertz CT molecular complexity index is 706. The van der Waals surface area contributed by atoms with Crippen LogP contribution in [-0.4, -0.2) is 26.1 Å². The fourth-order valence-electron chi connectivity index (χ4n) is 1.91. The third-order valence-corrected chi connectivity index (χ3v) is 3.12. The molecule has 0 unspecified atom stereocenters. The highest BCUT2D eigenvalue weighted by molar-refractivity contribution is 6.03. The molecule has 2 aromatic rings. The molecule has 2 aromatic carbocycles. The number of amides is 1. The summed E-state index contributed by atoms with van der Waals surface area (Å²) in [6.07, 6.45) is 1.56. The van der Waals surface area contributed by atoms with Crippen LogP contribution in [0.5, 0.6) is 5.75 Å². The Labute approximate surface area is 134 Å². The van der Waals surface area contributed by atoms with Crippen LogP contribution in [-0.2, 0) is 9.53 Å². The van der Waals surface area contributed by atoms with E-state index in [1.54, 1.807) is 37.5 Å². The lowest BCUT2D eigenvalue weighted by atomic mass is 10.1. The molecule has 0 fully saturated rings. The van der Waals surface area contributed by atoms with Crippen LogP contribution in [0, 0.1) is 0 Å². The molecule has 0 spiro atoms. The maximum atomic E-state index is 12.3. The van der Waals surface area contributed by atoms with Gasteiger partial charge in [-0.15, -0.1) is 0 Å². The fraction of sp³-hybridized carbons (Fsp3) is 0.111. The molecular weight excluding hydrogens is 294 g/mol. The Balaban J connectivity index is 2.21. The zero-order chi connectivity index (χ0) is 16.7. The van der Waals surface area contributed by atoms with E-state index in [0.29, 0.717) is 11.3 Å². The lowest BCUT2D eigenvalue weighted by Crippen LogP contribution is -2.28. The van der Waals surface area contributed by atoms with E-state index in [2.05, 4.69) is 5.32 Å². The zero-order valence-corrected chi connectivity index (χ0v) is 12.9. The number of hydrogen-bond acceptors (Lipinski definition) is 4. The van der Waals surface area contributed by atoms with E-state index < -0.39 is 11.9 Å². The van der Waals surface area contributed by atoms with Gasteiger partial charge in [-0.05, 0) is 35.9 Å². The monoisotopic (exact) mass is 311 g/mol. The second-order valence-corrected chi connectivity index (χ2v) is 4.64. The van der Waals surface area contributed by atoms with Gasteiger partial charge in [0, 0.05) is 5.56 Å². The number of carbonyl (C=O) groups is 2. The van der Waals surface area contributed by atoms with Crippen LogP contribution in [0.2, 0.25) is 0 Å². The molecule has 118 valence electrons. The molecule has 1 amide bonds. The van der Waals surface area contributed by atoms with Crippen molar-refractivity contribution in [1.82, 2.24) is 5.32 Å². The van der Waals surface area contributed by atoms with Crippen molar-refractivity contribution in [1.29, 1.82) is 0 Å². The van der Waals surface area contributed by atoms with Crippen LogP contribution in [0.3, 0.4) is 0 Å². The number of ether oxygens (including phenoxy) is 2. The summed E-state index contributed by atoms with van der Waals surface area (Å²) in [7, 11) is 2.81. The van der Waals surface area contributed by atoms with Crippen molar-refractivity contribution in [2.75, 3.05) is 14.2 Å². The Morgan fingerprint density at radius 2 is 1.61 bits per heavy atom. The summed E-state index contributed by atoms with van der Waals surface area (Å²) in [5, 5.41) is 2.58. The van der Waals surface area contributed by atoms with Gasteiger partial charge in [-0.3, -0.25) is 4.79 Å². The van der Waals surface area contributed by atoms with Gasteiger partial charge in [0.05, 0.1) is 14.2 Å². The molecule has 0 saturated heterocycles. The molecule has 0 radical (unpaired) electrons. The summed E-state index contributed by atoms with van der Waals surface area (Å²) in [6.45, 7) is 0. The van der Waals surface area contributed by atoms with Crippen LogP contribution in [0.4, 0.5) is 0 Å². The number of hydrogen-bond donors (Lipinski definition) is 1. The van der Waals surface area contributed by atoms with Gasteiger partial charge in [-0.2, -0.15) is 0 Å². The average molecular weight is 311 g/mol. The fourth-order valence-corrected chi connectivity index (χ4v) is 1.91. The molecule has 2 rings (SSSR count). The Morgan fingerprint density at radius 3 is 2.17 bits per heavy atom. The molecule has 5 heteroatoms. The molecule has 0 saturated carbocycles. The first kappa shape index (κ1) is 16.3. The normalized spacial score (nSPS) is 10.8. The van der Waals surface area contributed by atoms with Crippen molar-refractivity contribution < 1.29 is 19.1 Å². The number of methoxy groups -OCH3 is 2. The van der Waals surface area contributed by atoms with Crippen molar-refractivity contribution in [2.45, 2.75) is 0 Å². The highest BCUT2D eigenvalue weighted by Gasteiger charge is 2.15. The van der Waals surface area contributed by atoms with E-state index in [4.69, 9.17) is 9.47 Å². The predicted molar refractivity (Wildman–Crippen MR) is 86.9 cm³/mol. The minimum atomic E-state index is -0.615. The van der Waals surface area contributed by atoms with E-state index in [1.165, 1.54) is 7.11 Å². The molecular formula is C18H17NO4. The number of nitrogens with one attached hydrogen (secondary N) is 1. The quantitative estimate of drug-likeness (QED) is 0.681. The molecule has 0 aliphatic rings. The lowest BCUT2D eigenvalue weighted by Gasteiger charge is -2.09. The van der Waals surface area contributed by atoms with E-state index in [1.807, 2.05) is 30.3 Å². The van der Waals surface area contributed by atoms with Crippen LogP contribution in [0.15, 0.2) is 60.3 Å². The first-order chi connectivity index (χ1) is 11.1. The van der Waals surface area contributed by atoms with Gasteiger partial charge in [0.2, 0.25) is 0 Å². The molecule has 1 N–H and O–H groups in total. The Morgan fingerprint density at radius 1 is 0.957 bits per heavy atom. The molecule has 0 atom stereocenters. The summed E-state index contributed by atoms with van der Waals surface area (Å²) < 4.78 is 9.76. The van der Waals surface area contributed by atoms with Crippen molar-refractivity contribution >= 4 is 18.0 Å². The summed E-state index contributed by atoms with van der Waals surface area (Å²) in [5.74, 6) is -0.370. The first-order valence-electron chi connectivity index (χ1n) is 6.94. The van der Waals surface area contributed by atoms with Crippen LogP contribution in [0.25, 0.3) is 6.08 Å². The third kappa shape index (κ3) is 4.44. The van der Waals surface area contributed by atoms with Gasteiger partial charge in [0.25, 0.3) is 5.91 Å². The second kappa shape index (κ2) is 7.79. The van der Waals surface area contributed by atoms with Crippen molar-refractivity contribution in [3.05, 3.63) is 71.4 Å². The summed E-state index contributed by atoms with van der Waals surface area (Å²) >= 11 is 0. The van der Waals surface area contributed by atoms with Crippen molar-refractivity contribution in [2.24, 2.45) is 0 Å². The lowest BCUT2D eigenvalue weighted by molar-refractivity contribution is -0.136. The molecule has 23 heavy (non-hydrogen) atoms. The highest BCUT2D eigenvalue weighted by Crippen LogP contribution is 2.12. The summed E-state index contributed by atoms with van der Waals surface area (Å²) in [6, 6.07) is 15.8. The van der Waals surface area contributed by atoms with Crippen molar-refractivity contribution in [3.8, 4) is 5.75 Å². The van der Waals surface area contributed by atoms with Crippen molar-refractivity contribution in [3.63, 3.8) is 0 Å². The summed E-state index contributed by atoms with van der Waals surface area (Å²) in [4.78, 5) is 24.1. The van der Waals surface area contributed by atoms with E-state index >= 15 is 0 Å². The van der Waals surface area contributed by atoms with E-state index in [-0.39, 0.29) is 5.70 Å². The number of benzene rings is 2. The largest absolute Gasteiger partial charge is 0.497 e. The molecule has 0 aromatic heterocycles. The second-order valence-electron chi connectivity index (χ2n) is 4.64.